The van der Waals surface area contributed by atoms with Crippen molar-refractivity contribution in [3.05, 3.63) is 36.3 Å². The molecule has 2 heterocycles. The molecule has 0 spiro atoms. The van der Waals surface area contributed by atoms with E-state index in [1.54, 1.807) is 22.9 Å². The molecule has 1 amide bonds. The lowest BCUT2D eigenvalue weighted by atomic mass is 9.75. The molecule has 1 aliphatic rings. The first-order chi connectivity index (χ1) is 11.0. The maximum absolute atomic E-state index is 12.5. The molecule has 6 heteroatoms. The highest BCUT2D eigenvalue weighted by atomic mass is 16.4. The van der Waals surface area contributed by atoms with Crippen molar-refractivity contribution in [1.29, 1.82) is 0 Å². The third kappa shape index (κ3) is 2.93. The molecule has 0 atom stereocenters. The standard InChI is InChI=1S/C17H21N3O3/c1-2-12-6-8-17(9-7-12,16(22)23)19-15(21)13-11-20-10-4-3-5-14(20)18-13/h3-5,10-12H,2,6-9H2,1H3,(H,19,21)(H,22,23). The Balaban J connectivity index is 1.80. The SMILES string of the molecule is CCC1CCC(NC(=O)c2cn3ccccc3n2)(C(=O)O)CC1. The van der Waals surface area contributed by atoms with Gasteiger partial charge in [-0.3, -0.25) is 4.79 Å². The molecule has 23 heavy (non-hydrogen) atoms. The third-order valence-electron chi connectivity index (χ3n) is 4.89. The van der Waals surface area contributed by atoms with Gasteiger partial charge in [-0.2, -0.15) is 0 Å². The topological polar surface area (TPSA) is 83.7 Å². The van der Waals surface area contributed by atoms with Crippen molar-refractivity contribution in [3.63, 3.8) is 0 Å². The number of aromatic nitrogens is 2. The van der Waals surface area contributed by atoms with E-state index in [0.29, 0.717) is 24.4 Å². The number of hydrogen-bond donors (Lipinski definition) is 2. The molecule has 0 aromatic carbocycles. The van der Waals surface area contributed by atoms with Gasteiger partial charge in [-0.25, -0.2) is 9.78 Å². The lowest BCUT2D eigenvalue weighted by Gasteiger charge is -2.37. The summed E-state index contributed by atoms with van der Waals surface area (Å²) in [6.45, 7) is 2.12. The predicted octanol–water partition coefficient (Wildman–Crippen LogP) is 2.49. The predicted molar refractivity (Wildman–Crippen MR) is 85.3 cm³/mol. The Bertz CT molecular complexity index is 697. The van der Waals surface area contributed by atoms with Gasteiger partial charge in [-0.1, -0.05) is 19.4 Å². The Labute approximate surface area is 134 Å². The van der Waals surface area contributed by atoms with Crippen LogP contribution in [0.1, 0.15) is 49.5 Å². The molecule has 0 unspecified atom stereocenters. The second kappa shape index (κ2) is 6.02. The van der Waals surface area contributed by atoms with Gasteiger partial charge < -0.3 is 14.8 Å². The monoisotopic (exact) mass is 315 g/mol. The van der Waals surface area contributed by atoms with Crippen LogP contribution in [0.5, 0.6) is 0 Å². The van der Waals surface area contributed by atoms with Crippen LogP contribution in [-0.4, -0.2) is 31.9 Å². The van der Waals surface area contributed by atoms with E-state index < -0.39 is 17.4 Å². The average Bonchev–Trinajstić information content (AvgIpc) is 2.99. The van der Waals surface area contributed by atoms with Gasteiger partial charge in [0.2, 0.25) is 0 Å². The molecule has 0 radical (unpaired) electrons. The number of rotatable bonds is 4. The fourth-order valence-electron chi connectivity index (χ4n) is 3.30. The zero-order valence-electron chi connectivity index (χ0n) is 13.2. The summed E-state index contributed by atoms with van der Waals surface area (Å²) in [4.78, 5) is 28.5. The summed E-state index contributed by atoms with van der Waals surface area (Å²) in [5.74, 6) is -0.829. The van der Waals surface area contributed by atoms with Gasteiger partial charge in [0.05, 0.1) is 0 Å². The second-order valence-electron chi connectivity index (χ2n) is 6.29. The minimum atomic E-state index is -1.17. The van der Waals surface area contributed by atoms with Gasteiger partial charge in [0, 0.05) is 12.4 Å². The van der Waals surface area contributed by atoms with E-state index in [1.165, 1.54) is 0 Å². The first kappa shape index (κ1) is 15.5. The summed E-state index contributed by atoms with van der Waals surface area (Å²) in [5.41, 5.74) is -0.260. The average molecular weight is 315 g/mol. The molecule has 3 rings (SSSR count). The molecule has 2 aromatic heterocycles. The van der Waals surface area contributed by atoms with Gasteiger partial charge in [0.15, 0.2) is 0 Å². The Hall–Kier alpha value is -2.37. The van der Waals surface area contributed by atoms with Crippen LogP contribution in [0, 0.1) is 5.92 Å². The number of carboxylic acid groups (broad SMARTS) is 1. The first-order valence-electron chi connectivity index (χ1n) is 8.04. The van der Waals surface area contributed by atoms with Crippen LogP contribution in [0.25, 0.3) is 5.65 Å². The number of carboxylic acids is 1. The number of pyridine rings is 1. The number of amides is 1. The second-order valence-corrected chi connectivity index (χ2v) is 6.29. The quantitative estimate of drug-likeness (QED) is 0.908. The van der Waals surface area contributed by atoms with Crippen LogP contribution in [0.15, 0.2) is 30.6 Å². The smallest absolute Gasteiger partial charge is 0.329 e. The van der Waals surface area contributed by atoms with E-state index in [0.717, 1.165) is 19.3 Å². The highest BCUT2D eigenvalue weighted by Gasteiger charge is 2.43. The summed E-state index contributed by atoms with van der Waals surface area (Å²) in [6, 6.07) is 5.49. The Morgan fingerprint density at radius 3 is 2.74 bits per heavy atom. The van der Waals surface area contributed by atoms with E-state index in [2.05, 4.69) is 17.2 Å². The zero-order chi connectivity index (χ0) is 16.4. The number of imidazole rings is 1. The number of carbonyl (C=O) groups is 2. The highest BCUT2D eigenvalue weighted by molar-refractivity contribution is 5.96. The van der Waals surface area contributed by atoms with Crippen LogP contribution < -0.4 is 5.32 Å². The van der Waals surface area contributed by atoms with E-state index in [1.807, 2.05) is 12.1 Å². The molecule has 2 N–H and O–H groups in total. The summed E-state index contributed by atoms with van der Waals surface area (Å²) in [5, 5.41) is 12.4. The van der Waals surface area contributed by atoms with Crippen LogP contribution >= 0.6 is 0 Å². The number of nitrogens with zero attached hydrogens (tertiary/aromatic N) is 2. The van der Waals surface area contributed by atoms with E-state index in [4.69, 9.17) is 0 Å². The number of aliphatic carboxylic acids is 1. The van der Waals surface area contributed by atoms with Crippen molar-refractivity contribution in [2.45, 2.75) is 44.6 Å². The Morgan fingerprint density at radius 1 is 1.39 bits per heavy atom. The van der Waals surface area contributed by atoms with E-state index in [9.17, 15) is 14.7 Å². The fraction of sp³-hybridized carbons (Fsp3) is 0.471. The molecule has 122 valence electrons. The van der Waals surface area contributed by atoms with Crippen molar-refractivity contribution in [3.8, 4) is 0 Å². The van der Waals surface area contributed by atoms with Crippen molar-refractivity contribution in [2.75, 3.05) is 0 Å². The van der Waals surface area contributed by atoms with Gasteiger partial charge in [-0.05, 0) is 43.7 Å². The lowest BCUT2D eigenvalue weighted by Crippen LogP contribution is -2.56. The van der Waals surface area contributed by atoms with E-state index in [-0.39, 0.29) is 5.69 Å². The molecule has 6 nitrogen and oxygen atoms in total. The minimum absolute atomic E-state index is 0.245. The molecular weight excluding hydrogens is 294 g/mol. The number of hydrogen-bond acceptors (Lipinski definition) is 3. The van der Waals surface area contributed by atoms with Crippen LogP contribution in [0.4, 0.5) is 0 Å². The zero-order valence-corrected chi connectivity index (χ0v) is 13.2. The molecule has 0 bridgehead atoms. The Kier molecular flexibility index (Phi) is 4.07. The number of carbonyl (C=O) groups excluding carboxylic acids is 1. The van der Waals surface area contributed by atoms with Crippen LogP contribution in [0.3, 0.4) is 0 Å². The first-order valence-corrected chi connectivity index (χ1v) is 8.04. The maximum Gasteiger partial charge on any atom is 0.329 e. The number of fused-ring (bicyclic) bond motifs is 1. The summed E-state index contributed by atoms with van der Waals surface area (Å²) < 4.78 is 1.75. The molecule has 2 aromatic rings. The Morgan fingerprint density at radius 2 is 2.13 bits per heavy atom. The summed E-state index contributed by atoms with van der Waals surface area (Å²) in [7, 11) is 0. The molecule has 1 saturated carbocycles. The highest BCUT2D eigenvalue weighted by Crippen LogP contribution is 2.34. The maximum atomic E-state index is 12.5. The molecular formula is C17H21N3O3. The fourth-order valence-corrected chi connectivity index (χ4v) is 3.30. The third-order valence-corrected chi connectivity index (χ3v) is 4.89. The van der Waals surface area contributed by atoms with Crippen LogP contribution in [0.2, 0.25) is 0 Å². The van der Waals surface area contributed by atoms with Gasteiger partial charge >= 0.3 is 5.97 Å². The lowest BCUT2D eigenvalue weighted by molar-refractivity contribution is -0.146. The molecule has 0 aliphatic heterocycles. The van der Waals surface area contributed by atoms with Gasteiger partial charge in [-0.15, -0.1) is 0 Å². The van der Waals surface area contributed by atoms with Gasteiger partial charge in [0.1, 0.15) is 16.9 Å². The van der Waals surface area contributed by atoms with Crippen molar-refractivity contribution < 1.29 is 14.7 Å². The molecule has 0 saturated heterocycles. The minimum Gasteiger partial charge on any atom is -0.480 e. The normalized spacial score (nSPS) is 24.5. The molecule has 1 fully saturated rings. The largest absolute Gasteiger partial charge is 0.480 e. The molecule has 1 aliphatic carbocycles. The summed E-state index contributed by atoms with van der Waals surface area (Å²) >= 11 is 0. The van der Waals surface area contributed by atoms with Gasteiger partial charge in [0.25, 0.3) is 5.91 Å². The van der Waals surface area contributed by atoms with Crippen molar-refractivity contribution in [1.82, 2.24) is 14.7 Å². The van der Waals surface area contributed by atoms with Crippen LogP contribution in [-0.2, 0) is 4.79 Å². The number of nitrogens with one attached hydrogen (secondary N) is 1. The van der Waals surface area contributed by atoms with Crippen molar-refractivity contribution in [2.24, 2.45) is 5.92 Å². The van der Waals surface area contributed by atoms with E-state index >= 15 is 0 Å². The van der Waals surface area contributed by atoms with Crippen molar-refractivity contribution >= 4 is 17.5 Å². The summed E-state index contributed by atoms with van der Waals surface area (Å²) in [6.07, 6.45) is 7.08.